The molecule has 15 heavy (non-hydrogen) atoms. The van der Waals surface area contributed by atoms with Crippen LogP contribution >= 0.6 is 11.8 Å². The summed E-state index contributed by atoms with van der Waals surface area (Å²) in [6.07, 6.45) is 6.25. The van der Waals surface area contributed by atoms with E-state index in [1.165, 1.54) is 0 Å². The minimum absolute atomic E-state index is 0.0150. The van der Waals surface area contributed by atoms with Gasteiger partial charge in [-0.15, -0.1) is 11.8 Å². The van der Waals surface area contributed by atoms with Crippen LogP contribution in [0.5, 0.6) is 0 Å². The number of hydrogen-bond acceptors (Lipinski definition) is 5. The molecule has 0 aromatic heterocycles. The van der Waals surface area contributed by atoms with E-state index in [1.54, 1.807) is 24.3 Å². The van der Waals surface area contributed by atoms with Crippen molar-refractivity contribution in [2.75, 3.05) is 11.5 Å². The first-order valence-electron chi connectivity index (χ1n) is 4.34. The van der Waals surface area contributed by atoms with Gasteiger partial charge in [-0.2, -0.15) is 0 Å². The summed E-state index contributed by atoms with van der Waals surface area (Å²) in [5.74, 6) is 0.0301. The molecule has 0 aromatic rings. The lowest BCUT2D eigenvalue weighted by atomic mass is 10.6. The van der Waals surface area contributed by atoms with Crippen LogP contribution in [-0.2, 0) is 19.7 Å². The molecular formula is C8H10O4S3. The zero-order valence-corrected chi connectivity index (χ0v) is 10.2. The fourth-order valence-corrected chi connectivity index (χ4v) is 6.68. The molecule has 7 heteroatoms. The van der Waals surface area contributed by atoms with Crippen molar-refractivity contribution in [3.8, 4) is 0 Å². The Labute approximate surface area is 93.3 Å². The topological polar surface area (TPSA) is 68.3 Å². The number of thioether (sulfide) groups is 1. The van der Waals surface area contributed by atoms with Crippen LogP contribution in [0, 0.1) is 0 Å². The Kier molecular flexibility index (Phi) is 2.72. The van der Waals surface area contributed by atoms with Crippen molar-refractivity contribution in [1.29, 1.82) is 0 Å². The van der Waals surface area contributed by atoms with E-state index in [0.717, 1.165) is 11.8 Å². The second-order valence-electron chi connectivity index (χ2n) is 3.39. The Morgan fingerprint density at radius 3 is 1.53 bits per heavy atom. The molecule has 0 saturated carbocycles. The predicted molar refractivity (Wildman–Crippen MR) is 61.0 cm³/mol. The van der Waals surface area contributed by atoms with Crippen LogP contribution in [0.3, 0.4) is 0 Å². The van der Waals surface area contributed by atoms with E-state index in [9.17, 15) is 16.8 Å². The van der Waals surface area contributed by atoms with Crippen molar-refractivity contribution < 1.29 is 16.8 Å². The van der Waals surface area contributed by atoms with Crippen molar-refractivity contribution >= 4 is 31.4 Å². The maximum atomic E-state index is 11.5. The number of rotatable bonds is 2. The van der Waals surface area contributed by atoms with E-state index in [-0.39, 0.29) is 11.5 Å². The van der Waals surface area contributed by atoms with Gasteiger partial charge in [0.05, 0.1) is 11.5 Å². The van der Waals surface area contributed by atoms with E-state index < -0.39 is 28.8 Å². The summed E-state index contributed by atoms with van der Waals surface area (Å²) >= 11 is 0.979. The van der Waals surface area contributed by atoms with E-state index in [0.29, 0.717) is 0 Å². The minimum Gasteiger partial charge on any atom is -0.227 e. The van der Waals surface area contributed by atoms with Gasteiger partial charge in [0, 0.05) is 0 Å². The van der Waals surface area contributed by atoms with Crippen molar-refractivity contribution in [2.45, 2.75) is 9.16 Å². The fraction of sp³-hybridized carbons (Fsp3) is 0.500. The van der Waals surface area contributed by atoms with E-state index >= 15 is 0 Å². The largest absolute Gasteiger partial charge is 0.227 e. The highest BCUT2D eigenvalue weighted by Crippen LogP contribution is 2.33. The monoisotopic (exact) mass is 266 g/mol. The van der Waals surface area contributed by atoms with Crippen molar-refractivity contribution in [2.24, 2.45) is 0 Å². The molecule has 2 aliphatic heterocycles. The molecule has 0 bridgehead atoms. The third-order valence-corrected chi connectivity index (χ3v) is 8.54. The van der Waals surface area contributed by atoms with Gasteiger partial charge in [0.2, 0.25) is 0 Å². The second kappa shape index (κ2) is 3.64. The normalized spacial score (nSPS) is 36.0. The average molecular weight is 266 g/mol. The van der Waals surface area contributed by atoms with Crippen LogP contribution in [0.15, 0.2) is 24.3 Å². The van der Waals surface area contributed by atoms with Crippen LogP contribution in [0.2, 0.25) is 0 Å². The molecule has 2 atom stereocenters. The van der Waals surface area contributed by atoms with Gasteiger partial charge in [-0.25, -0.2) is 16.8 Å². The summed E-state index contributed by atoms with van der Waals surface area (Å²) in [5.41, 5.74) is 0. The SMILES string of the molecule is O=S1(=O)CC=CC1SC1C=CCS1(=O)=O. The van der Waals surface area contributed by atoms with Gasteiger partial charge in [-0.3, -0.25) is 0 Å². The lowest BCUT2D eigenvalue weighted by molar-refractivity contribution is 0.601. The summed E-state index contributed by atoms with van der Waals surface area (Å²) in [6, 6.07) is 0. The minimum atomic E-state index is -3.17. The quantitative estimate of drug-likeness (QED) is 0.674. The fourth-order valence-electron chi connectivity index (χ4n) is 1.42. The third-order valence-electron chi connectivity index (χ3n) is 2.22. The lowest BCUT2D eigenvalue weighted by Gasteiger charge is -2.12. The average Bonchev–Trinajstić information content (AvgIpc) is 2.58. The van der Waals surface area contributed by atoms with Crippen molar-refractivity contribution in [1.82, 2.24) is 0 Å². The van der Waals surface area contributed by atoms with Crippen LogP contribution in [0.25, 0.3) is 0 Å². The Hall–Kier alpha value is -0.270. The van der Waals surface area contributed by atoms with Crippen molar-refractivity contribution in [3.63, 3.8) is 0 Å². The third kappa shape index (κ3) is 2.14. The highest BCUT2D eigenvalue weighted by Gasteiger charge is 2.35. The van der Waals surface area contributed by atoms with Gasteiger partial charge in [0.15, 0.2) is 19.7 Å². The zero-order chi connectivity index (χ0) is 11.1. The summed E-state index contributed by atoms with van der Waals surface area (Å²) in [5, 5.41) is 0. The van der Waals surface area contributed by atoms with Crippen molar-refractivity contribution in [3.05, 3.63) is 24.3 Å². The Bertz CT molecular complexity index is 464. The van der Waals surface area contributed by atoms with E-state index in [4.69, 9.17) is 0 Å². The molecule has 0 N–H and O–H groups in total. The van der Waals surface area contributed by atoms with E-state index in [2.05, 4.69) is 0 Å². The lowest BCUT2D eigenvalue weighted by Crippen LogP contribution is -2.20. The first-order valence-corrected chi connectivity index (χ1v) is 8.71. The molecule has 84 valence electrons. The molecule has 0 spiro atoms. The van der Waals surface area contributed by atoms with Crippen LogP contribution in [-0.4, -0.2) is 37.5 Å². The highest BCUT2D eigenvalue weighted by atomic mass is 32.3. The summed E-state index contributed by atoms with van der Waals surface area (Å²) in [7, 11) is -6.34. The molecule has 0 aromatic carbocycles. The molecule has 0 saturated heterocycles. The second-order valence-corrected chi connectivity index (χ2v) is 9.61. The predicted octanol–water partition coefficient (Wildman–Crippen LogP) is 0.341. The first-order chi connectivity index (χ1) is 6.92. The summed E-state index contributed by atoms with van der Waals surface area (Å²) < 4.78 is 44.4. The summed E-state index contributed by atoms with van der Waals surface area (Å²) in [6.45, 7) is 0. The highest BCUT2D eigenvalue weighted by molar-refractivity contribution is 8.21. The van der Waals surface area contributed by atoms with E-state index in [1.807, 2.05) is 0 Å². The van der Waals surface area contributed by atoms with Gasteiger partial charge in [-0.1, -0.05) is 24.3 Å². The Balaban J connectivity index is 2.17. The molecular weight excluding hydrogens is 256 g/mol. The van der Waals surface area contributed by atoms with Crippen LogP contribution in [0.1, 0.15) is 0 Å². The number of hydrogen-bond donors (Lipinski definition) is 0. The van der Waals surface area contributed by atoms with Gasteiger partial charge in [0.1, 0.15) is 9.16 Å². The molecule has 2 heterocycles. The standard InChI is InChI=1S/C8H10O4S3/c9-14(10)5-1-3-7(14)13-8-4-2-6-15(8,11)12/h1-4,7-8H,5-6H2. The van der Waals surface area contributed by atoms with Gasteiger partial charge in [-0.05, 0) is 0 Å². The smallest absolute Gasteiger partial charge is 0.169 e. The van der Waals surface area contributed by atoms with Gasteiger partial charge < -0.3 is 0 Å². The Morgan fingerprint density at radius 2 is 1.27 bits per heavy atom. The molecule has 0 aliphatic carbocycles. The molecule has 2 rings (SSSR count). The van der Waals surface area contributed by atoms with Crippen LogP contribution in [0.4, 0.5) is 0 Å². The molecule has 0 fully saturated rings. The van der Waals surface area contributed by atoms with Crippen LogP contribution < -0.4 is 0 Å². The van der Waals surface area contributed by atoms with Gasteiger partial charge in [0.25, 0.3) is 0 Å². The molecule has 4 nitrogen and oxygen atoms in total. The molecule has 2 aliphatic rings. The molecule has 0 radical (unpaired) electrons. The first kappa shape index (κ1) is 11.2. The Morgan fingerprint density at radius 1 is 0.867 bits per heavy atom. The zero-order valence-electron chi connectivity index (χ0n) is 7.74. The molecule has 2 unspecified atom stereocenters. The molecule has 0 amide bonds. The summed E-state index contributed by atoms with van der Waals surface area (Å²) in [4.78, 5) is 0. The maximum Gasteiger partial charge on any atom is 0.169 e. The number of sulfone groups is 2. The maximum absolute atomic E-state index is 11.5. The van der Waals surface area contributed by atoms with Gasteiger partial charge >= 0.3 is 0 Å².